The van der Waals surface area contributed by atoms with Crippen LogP contribution >= 0.6 is 0 Å². The molecule has 0 aromatic carbocycles. The number of fused-ring (bicyclic) bond motifs is 1. The molecule has 4 atom stereocenters. The number of carbonyl (C=O) groups is 3. The van der Waals surface area contributed by atoms with Crippen LogP contribution in [0.2, 0.25) is 0 Å². The molecule has 1 aliphatic heterocycles. The summed E-state index contributed by atoms with van der Waals surface area (Å²) in [4.78, 5) is 38.2. The number of hydrogen-bond acceptors (Lipinski definition) is 5. The molecule has 1 amide bonds. The van der Waals surface area contributed by atoms with Gasteiger partial charge in [0, 0.05) is 25.0 Å². The maximum Gasteiger partial charge on any atom is 0.286 e. The molecule has 1 saturated heterocycles. The quantitative estimate of drug-likeness (QED) is 0.453. The van der Waals surface area contributed by atoms with Gasteiger partial charge in [0.2, 0.25) is 5.78 Å². The number of nitrogens with two attached hydrogens (primary N) is 1. The molecule has 3 aliphatic carbocycles. The topological polar surface area (TPSA) is 92.5 Å². The Labute approximate surface area is 174 Å². The van der Waals surface area contributed by atoms with Crippen molar-refractivity contribution in [3.05, 3.63) is 0 Å². The van der Waals surface area contributed by atoms with Crippen LogP contribution in [0.4, 0.5) is 0 Å². The summed E-state index contributed by atoms with van der Waals surface area (Å²) in [6, 6.07) is -0.372. The van der Waals surface area contributed by atoms with Gasteiger partial charge in [0.05, 0.1) is 6.04 Å². The van der Waals surface area contributed by atoms with Crippen molar-refractivity contribution < 1.29 is 14.4 Å². The zero-order chi connectivity index (χ0) is 21.0. The Morgan fingerprint density at radius 1 is 1.21 bits per heavy atom. The number of hydrogen-bond donors (Lipinski definition) is 2. The molecule has 162 valence electrons. The second-order valence-corrected chi connectivity index (χ2v) is 10.9. The molecule has 4 aliphatic rings. The number of aldehydes is 1. The van der Waals surface area contributed by atoms with Crippen LogP contribution < -0.4 is 11.1 Å². The molecule has 4 fully saturated rings. The number of likely N-dealkylation sites (tertiary alicyclic amines) is 1. The Kier molecular flexibility index (Phi) is 5.18. The van der Waals surface area contributed by atoms with E-state index < -0.39 is 17.7 Å². The third-order valence-electron chi connectivity index (χ3n) is 9.72. The third-order valence-corrected chi connectivity index (χ3v) is 9.72. The van der Waals surface area contributed by atoms with Gasteiger partial charge in [-0.2, -0.15) is 0 Å². The Balaban J connectivity index is 1.41. The summed E-state index contributed by atoms with van der Waals surface area (Å²) in [7, 11) is 2.14. The van der Waals surface area contributed by atoms with E-state index in [2.05, 4.69) is 31.1 Å². The van der Waals surface area contributed by atoms with Crippen LogP contribution in [0.3, 0.4) is 0 Å². The summed E-state index contributed by atoms with van der Waals surface area (Å²) < 4.78 is 0. The second-order valence-electron chi connectivity index (χ2n) is 10.9. The molecule has 0 aromatic heterocycles. The summed E-state index contributed by atoms with van der Waals surface area (Å²) in [5.41, 5.74) is 6.42. The molecule has 2 spiro atoms. The summed E-state index contributed by atoms with van der Waals surface area (Å²) in [6.07, 6.45) is 10.1. The van der Waals surface area contributed by atoms with Crippen molar-refractivity contribution in [2.24, 2.45) is 33.8 Å². The first-order valence-electron chi connectivity index (χ1n) is 11.4. The van der Waals surface area contributed by atoms with Crippen LogP contribution in [0.15, 0.2) is 0 Å². The number of primary amides is 1. The van der Waals surface area contributed by atoms with E-state index in [1.54, 1.807) is 0 Å². The number of nitrogens with one attached hydrogen (secondary N) is 1. The minimum Gasteiger partial charge on any atom is -0.363 e. The third kappa shape index (κ3) is 2.93. The van der Waals surface area contributed by atoms with Crippen LogP contribution in [0.1, 0.15) is 65.2 Å². The van der Waals surface area contributed by atoms with Crippen LogP contribution in [-0.4, -0.2) is 55.1 Å². The van der Waals surface area contributed by atoms with Crippen molar-refractivity contribution >= 4 is 18.0 Å². The predicted molar refractivity (Wildman–Crippen MR) is 111 cm³/mol. The molecule has 4 rings (SSSR count). The Bertz CT molecular complexity index is 697. The number of ketones is 1. The highest BCUT2D eigenvalue weighted by atomic mass is 16.2. The fourth-order valence-corrected chi connectivity index (χ4v) is 7.36. The van der Waals surface area contributed by atoms with Gasteiger partial charge in [-0.05, 0) is 54.9 Å². The predicted octanol–water partition coefficient (Wildman–Crippen LogP) is 1.90. The molecule has 6 nitrogen and oxygen atoms in total. The van der Waals surface area contributed by atoms with Gasteiger partial charge in [0.25, 0.3) is 5.91 Å². The molecule has 0 aromatic rings. The number of nitrogens with zero attached hydrogens (tertiary/aromatic N) is 1. The number of Topliss-reactive ketones (excluding diaryl/α,β-unsaturated/α-hetero) is 1. The summed E-state index contributed by atoms with van der Waals surface area (Å²) in [6.45, 7) is 6.31. The first-order valence-corrected chi connectivity index (χ1v) is 11.4. The maximum atomic E-state index is 12.3. The van der Waals surface area contributed by atoms with E-state index in [-0.39, 0.29) is 12.0 Å². The van der Waals surface area contributed by atoms with Gasteiger partial charge in [0.15, 0.2) is 0 Å². The van der Waals surface area contributed by atoms with Crippen LogP contribution in [0.5, 0.6) is 0 Å². The minimum absolute atomic E-state index is 0.183. The lowest BCUT2D eigenvalue weighted by Crippen LogP contribution is -2.49. The highest BCUT2D eigenvalue weighted by molar-refractivity contribution is 6.37. The van der Waals surface area contributed by atoms with Gasteiger partial charge in [-0.15, -0.1) is 0 Å². The van der Waals surface area contributed by atoms with Crippen LogP contribution in [0, 0.1) is 28.1 Å². The van der Waals surface area contributed by atoms with E-state index in [4.69, 9.17) is 5.73 Å². The van der Waals surface area contributed by atoms with Gasteiger partial charge in [-0.3, -0.25) is 9.59 Å². The highest BCUT2D eigenvalue weighted by Gasteiger charge is 2.84. The normalized spacial score (nSPS) is 34.4. The van der Waals surface area contributed by atoms with E-state index in [0.717, 1.165) is 32.1 Å². The van der Waals surface area contributed by atoms with E-state index in [9.17, 15) is 14.4 Å². The molecular formula is C23H37N3O3. The highest BCUT2D eigenvalue weighted by Crippen LogP contribution is 2.88. The van der Waals surface area contributed by atoms with Gasteiger partial charge >= 0.3 is 0 Å². The van der Waals surface area contributed by atoms with E-state index in [0.29, 0.717) is 35.1 Å². The number of rotatable bonds is 9. The standard InChI is InChI=1S/C23H37N3O3/c1-21(2)22(8-5-9-22)23(21)11-18(26(3)14-23)16(13-27)12-25-17(19(28)20(24)29)10-15-6-4-7-15/h13,15-18,25H,4-12,14H2,1-3H3,(H2,24,29). The Morgan fingerprint density at radius 3 is 2.34 bits per heavy atom. The summed E-state index contributed by atoms with van der Waals surface area (Å²) in [5.74, 6) is -1.13. The monoisotopic (exact) mass is 403 g/mol. The largest absolute Gasteiger partial charge is 0.363 e. The average Bonchev–Trinajstić information content (AvgIpc) is 2.81. The maximum absolute atomic E-state index is 12.3. The Hall–Kier alpha value is -1.27. The second kappa shape index (κ2) is 7.16. The number of carbonyl (C=O) groups excluding carboxylic acids is 3. The molecule has 1 heterocycles. The molecule has 3 N–H and O–H groups in total. The van der Waals surface area contributed by atoms with Gasteiger partial charge in [-0.1, -0.05) is 39.5 Å². The molecule has 0 bridgehead atoms. The first kappa shape index (κ1) is 21.0. The van der Waals surface area contributed by atoms with Crippen molar-refractivity contribution in [1.82, 2.24) is 10.2 Å². The molecule has 4 unspecified atom stereocenters. The molecule has 0 radical (unpaired) electrons. The fourth-order valence-electron chi connectivity index (χ4n) is 7.36. The van der Waals surface area contributed by atoms with Crippen molar-refractivity contribution in [3.8, 4) is 0 Å². The van der Waals surface area contributed by atoms with Crippen LogP contribution in [-0.2, 0) is 14.4 Å². The smallest absolute Gasteiger partial charge is 0.286 e. The lowest BCUT2D eigenvalue weighted by molar-refractivity contribution is -0.137. The zero-order valence-electron chi connectivity index (χ0n) is 18.2. The van der Waals surface area contributed by atoms with E-state index in [1.165, 1.54) is 25.7 Å². The van der Waals surface area contributed by atoms with E-state index >= 15 is 0 Å². The molecule has 29 heavy (non-hydrogen) atoms. The summed E-state index contributed by atoms with van der Waals surface area (Å²) >= 11 is 0. The molecular weight excluding hydrogens is 366 g/mol. The fraction of sp³-hybridized carbons (Fsp3) is 0.870. The molecule has 6 heteroatoms. The average molecular weight is 404 g/mol. The van der Waals surface area contributed by atoms with Crippen molar-refractivity contribution in [3.63, 3.8) is 0 Å². The molecule has 3 saturated carbocycles. The zero-order valence-corrected chi connectivity index (χ0v) is 18.2. The lowest BCUT2D eigenvalue weighted by atomic mass is 9.73. The van der Waals surface area contributed by atoms with Gasteiger partial charge in [0.1, 0.15) is 6.29 Å². The van der Waals surface area contributed by atoms with Crippen LogP contribution in [0.25, 0.3) is 0 Å². The van der Waals surface area contributed by atoms with Crippen molar-refractivity contribution in [2.45, 2.75) is 77.3 Å². The minimum atomic E-state index is -0.881. The first-order chi connectivity index (χ1) is 13.7. The lowest BCUT2D eigenvalue weighted by Gasteiger charge is -2.32. The van der Waals surface area contributed by atoms with E-state index in [1.807, 2.05) is 0 Å². The van der Waals surface area contributed by atoms with Gasteiger partial charge in [-0.25, -0.2) is 0 Å². The van der Waals surface area contributed by atoms with Crippen molar-refractivity contribution in [1.29, 1.82) is 0 Å². The SMILES string of the molecule is CN1CC2(CC1C(C=O)CNC(CC1CCC1)C(=O)C(N)=O)C(C)(C)C21CCC1. The van der Waals surface area contributed by atoms with Crippen molar-refractivity contribution in [2.75, 3.05) is 20.1 Å². The van der Waals surface area contributed by atoms with Gasteiger partial charge < -0.3 is 20.7 Å². The summed E-state index contributed by atoms with van der Waals surface area (Å²) in [5, 5.41) is 3.26. The Morgan fingerprint density at radius 2 is 1.90 bits per heavy atom. The number of amides is 1.